The number of ketones is 1. The maximum absolute atomic E-state index is 12.2. The van der Waals surface area contributed by atoms with E-state index in [0.717, 1.165) is 28.0 Å². The Morgan fingerprint density at radius 3 is 2.94 bits per heavy atom. The first-order valence-corrected chi connectivity index (χ1v) is 6.36. The van der Waals surface area contributed by atoms with Gasteiger partial charge in [0, 0.05) is 17.8 Å². The number of carbonyl (C=O) groups excluding carboxylic acids is 1. The summed E-state index contributed by atoms with van der Waals surface area (Å²) in [4.78, 5) is 12.2. The van der Waals surface area contributed by atoms with Crippen molar-refractivity contribution in [1.82, 2.24) is 0 Å². The Hall–Kier alpha value is -0.650. The summed E-state index contributed by atoms with van der Waals surface area (Å²) in [5.41, 5.74) is 2.57. The summed E-state index contributed by atoms with van der Waals surface area (Å²) < 4.78 is 5.70. The van der Waals surface area contributed by atoms with Crippen molar-refractivity contribution < 1.29 is 31.8 Å². The molecule has 17 heavy (non-hydrogen) atoms. The van der Waals surface area contributed by atoms with Crippen LogP contribution in [0, 0.1) is 0 Å². The van der Waals surface area contributed by atoms with Crippen molar-refractivity contribution in [3.8, 4) is 0 Å². The van der Waals surface area contributed by atoms with Gasteiger partial charge in [0.1, 0.15) is 17.4 Å². The minimum absolute atomic E-state index is 0. The van der Waals surface area contributed by atoms with Crippen LogP contribution in [-0.2, 0) is 4.74 Å². The van der Waals surface area contributed by atoms with Crippen molar-refractivity contribution in [2.75, 3.05) is 5.33 Å². The molecule has 0 radical (unpaired) electrons. The molecule has 90 valence electrons. The molecule has 0 saturated heterocycles. The molecule has 1 atom stereocenters. The third-order valence-electron chi connectivity index (χ3n) is 2.96. The number of Topliss-reactive ketones (excluding diaryl/α,β-unsaturated/α-hetero) is 1. The molecule has 0 saturated carbocycles. The van der Waals surface area contributed by atoms with E-state index in [1.807, 2.05) is 29.6 Å². The van der Waals surface area contributed by atoms with Crippen LogP contribution in [0.2, 0.25) is 0 Å². The maximum atomic E-state index is 12.2. The van der Waals surface area contributed by atoms with Crippen molar-refractivity contribution in [2.24, 2.45) is 0 Å². The standard InChI is InChI=1S/C12H10BrNO2.BrH/c13-6-7-5-9-11(15)8-3-1-2-4-10(8)14-12(9)16-7;/h1-4,7H,5-6H2,(H,14,15);1H. The van der Waals surface area contributed by atoms with Gasteiger partial charge in [-0.25, -0.2) is 5.32 Å². The van der Waals surface area contributed by atoms with Gasteiger partial charge in [-0.05, 0) is 6.07 Å². The number of hydrogen-bond acceptors (Lipinski definition) is 2. The van der Waals surface area contributed by atoms with Crippen LogP contribution in [0.3, 0.4) is 0 Å². The van der Waals surface area contributed by atoms with Gasteiger partial charge in [0.2, 0.25) is 5.78 Å². The van der Waals surface area contributed by atoms with Crippen molar-refractivity contribution in [2.45, 2.75) is 12.5 Å². The van der Waals surface area contributed by atoms with E-state index in [2.05, 4.69) is 15.9 Å². The van der Waals surface area contributed by atoms with Gasteiger partial charge in [-0.15, -0.1) is 0 Å². The van der Waals surface area contributed by atoms with E-state index in [1.54, 1.807) is 0 Å². The van der Waals surface area contributed by atoms with E-state index in [4.69, 9.17) is 4.74 Å². The smallest absolute Gasteiger partial charge is 0.301 e. The van der Waals surface area contributed by atoms with Crippen molar-refractivity contribution in [3.63, 3.8) is 0 Å². The van der Waals surface area contributed by atoms with Gasteiger partial charge >= 0.3 is 5.88 Å². The second-order valence-electron chi connectivity index (χ2n) is 4.00. The van der Waals surface area contributed by atoms with E-state index >= 15 is 0 Å². The van der Waals surface area contributed by atoms with Crippen LogP contribution in [0.5, 0.6) is 0 Å². The lowest BCUT2D eigenvalue weighted by atomic mass is 9.96. The highest BCUT2D eigenvalue weighted by atomic mass is 79.9. The molecule has 5 heteroatoms. The number of rotatable bonds is 1. The molecule has 2 aliphatic rings. The number of carbonyl (C=O) groups is 1. The van der Waals surface area contributed by atoms with Crippen LogP contribution >= 0.6 is 15.9 Å². The number of halogens is 2. The second kappa shape index (κ2) is 4.92. The first-order valence-electron chi connectivity index (χ1n) is 5.24. The Balaban J connectivity index is 0.00000108. The number of fused-ring (bicyclic) bond motifs is 1. The zero-order chi connectivity index (χ0) is 11.1. The minimum atomic E-state index is 0. The van der Waals surface area contributed by atoms with Crippen LogP contribution in [0.4, 0.5) is 5.69 Å². The maximum Gasteiger partial charge on any atom is 0.301 e. The van der Waals surface area contributed by atoms with Crippen LogP contribution in [0.1, 0.15) is 16.8 Å². The summed E-state index contributed by atoms with van der Waals surface area (Å²) in [5, 5.41) is 2.73. The summed E-state index contributed by atoms with van der Waals surface area (Å²) in [7, 11) is 0. The number of para-hydroxylation sites is 1. The number of hydrogen-bond donors (Lipinski definition) is 1. The van der Waals surface area contributed by atoms with Crippen molar-refractivity contribution in [1.29, 1.82) is 0 Å². The highest BCUT2D eigenvalue weighted by molar-refractivity contribution is 9.09. The molecule has 2 aliphatic heterocycles. The fourth-order valence-electron chi connectivity index (χ4n) is 2.17. The lowest BCUT2D eigenvalue weighted by Gasteiger charge is -2.12. The SMILES string of the molecule is O=C1C2=C([NH2+]c3ccccc31)OC(CBr)C2.[Br-]. The summed E-state index contributed by atoms with van der Waals surface area (Å²) in [6, 6.07) is 7.65. The zero-order valence-electron chi connectivity index (χ0n) is 8.95. The summed E-state index contributed by atoms with van der Waals surface area (Å²) in [6.07, 6.45) is 0.809. The van der Waals surface area contributed by atoms with Gasteiger partial charge in [0.25, 0.3) is 0 Å². The average Bonchev–Trinajstić information content (AvgIpc) is 2.73. The Morgan fingerprint density at radius 2 is 2.18 bits per heavy atom. The Bertz CT molecular complexity index is 499. The summed E-state index contributed by atoms with van der Waals surface area (Å²) >= 11 is 3.39. The van der Waals surface area contributed by atoms with Crippen LogP contribution in [0.25, 0.3) is 0 Å². The molecule has 3 rings (SSSR count). The molecule has 2 N–H and O–H groups in total. The van der Waals surface area contributed by atoms with Gasteiger partial charge in [-0.3, -0.25) is 4.79 Å². The predicted octanol–water partition coefficient (Wildman–Crippen LogP) is -1.52. The highest BCUT2D eigenvalue weighted by Gasteiger charge is 2.38. The Morgan fingerprint density at radius 1 is 1.41 bits per heavy atom. The third kappa shape index (κ3) is 2.07. The number of benzene rings is 1. The van der Waals surface area contributed by atoms with Gasteiger partial charge in [-0.1, -0.05) is 28.1 Å². The molecule has 2 heterocycles. The molecule has 1 unspecified atom stereocenters. The number of quaternary nitrogens is 1. The third-order valence-corrected chi connectivity index (χ3v) is 3.68. The molecule has 1 aromatic rings. The lowest BCUT2D eigenvalue weighted by molar-refractivity contribution is -0.551. The number of alkyl halides is 1. The summed E-state index contributed by atoms with van der Waals surface area (Å²) in [6.45, 7) is 0. The molecule has 0 fully saturated rings. The zero-order valence-corrected chi connectivity index (χ0v) is 12.1. The monoisotopic (exact) mass is 359 g/mol. The average molecular weight is 361 g/mol. The van der Waals surface area contributed by atoms with Gasteiger partial charge in [0.15, 0.2) is 0 Å². The highest BCUT2D eigenvalue weighted by Crippen LogP contribution is 2.30. The molecule has 0 aliphatic carbocycles. The van der Waals surface area contributed by atoms with E-state index in [-0.39, 0.29) is 28.9 Å². The first-order chi connectivity index (χ1) is 7.79. The van der Waals surface area contributed by atoms with Crippen molar-refractivity contribution >= 4 is 27.4 Å². The predicted molar refractivity (Wildman–Crippen MR) is 62.7 cm³/mol. The van der Waals surface area contributed by atoms with Crippen LogP contribution in [0.15, 0.2) is 35.7 Å². The van der Waals surface area contributed by atoms with Crippen LogP contribution < -0.4 is 22.3 Å². The van der Waals surface area contributed by atoms with Gasteiger partial charge < -0.3 is 21.7 Å². The molecule has 0 bridgehead atoms. The lowest BCUT2D eigenvalue weighted by Crippen LogP contribution is -3.00. The molecule has 0 amide bonds. The molecule has 1 aromatic carbocycles. The Labute approximate surface area is 118 Å². The largest absolute Gasteiger partial charge is 1.00 e. The normalized spacial score (nSPS) is 21.5. The fourth-order valence-corrected chi connectivity index (χ4v) is 2.53. The van der Waals surface area contributed by atoms with E-state index < -0.39 is 0 Å². The molecular weight excluding hydrogens is 350 g/mol. The first kappa shape index (κ1) is 12.8. The van der Waals surface area contributed by atoms with Gasteiger partial charge in [-0.2, -0.15) is 0 Å². The number of nitrogens with two attached hydrogens (primary N) is 1. The van der Waals surface area contributed by atoms with E-state index in [1.165, 1.54) is 0 Å². The molecular formula is C12H11Br2NO2. The number of ether oxygens (including phenoxy) is 1. The second-order valence-corrected chi connectivity index (χ2v) is 4.65. The quantitative estimate of drug-likeness (QED) is 0.488. The van der Waals surface area contributed by atoms with Crippen molar-refractivity contribution in [3.05, 3.63) is 41.3 Å². The fraction of sp³-hybridized carbons (Fsp3) is 0.250. The molecule has 3 nitrogen and oxygen atoms in total. The topological polar surface area (TPSA) is 42.9 Å². The summed E-state index contributed by atoms with van der Waals surface area (Å²) in [5.74, 6) is 0.879. The van der Waals surface area contributed by atoms with E-state index in [9.17, 15) is 4.79 Å². The minimum Gasteiger partial charge on any atom is -1.00 e. The Kier molecular flexibility index (Phi) is 3.70. The van der Waals surface area contributed by atoms with E-state index in [0.29, 0.717) is 6.42 Å². The van der Waals surface area contributed by atoms with Crippen LogP contribution in [-0.4, -0.2) is 17.2 Å². The van der Waals surface area contributed by atoms with Gasteiger partial charge in [0.05, 0.1) is 5.56 Å². The molecule has 0 aromatic heterocycles. The molecule has 0 spiro atoms.